The Balaban J connectivity index is 1.73. The number of ether oxygens (including phenoxy) is 1. The highest BCUT2D eigenvalue weighted by molar-refractivity contribution is 5.78. The molecule has 0 saturated heterocycles. The molecule has 0 saturated carbocycles. The quantitative estimate of drug-likeness (QED) is 0.146. The van der Waals surface area contributed by atoms with Gasteiger partial charge in [-0.1, -0.05) is 143 Å². The van der Waals surface area contributed by atoms with Crippen LogP contribution in [0.15, 0.2) is 4.99 Å². The van der Waals surface area contributed by atoms with E-state index in [-0.39, 0.29) is 0 Å². The van der Waals surface area contributed by atoms with E-state index in [1.165, 1.54) is 128 Å². The van der Waals surface area contributed by atoms with Crippen LogP contribution < -0.4 is 0 Å². The van der Waals surface area contributed by atoms with Gasteiger partial charge in [-0.25, -0.2) is 4.99 Å². The van der Waals surface area contributed by atoms with E-state index in [1.54, 1.807) is 0 Å². The number of nitrogens with zero attached hydrogens (tertiary/aromatic N) is 1. The molecule has 0 bridgehead atoms. The third kappa shape index (κ3) is 15.8. The Morgan fingerprint density at radius 3 is 1.23 bits per heavy atom. The third-order valence-corrected chi connectivity index (χ3v) is 7.09. The summed E-state index contributed by atoms with van der Waals surface area (Å²) >= 11 is 0. The van der Waals surface area contributed by atoms with E-state index in [0.717, 1.165) is 25.2 Å². The van der Waals surface area contributed by atoms with Crippen LogP contribution in [0.3, 0.4) is 0 Å². The summed E-state index contributed by atoms with van der Waals surface area (Å²) in [6.07, 6.45) is 32.4. The van der Waals surface area contributed by atoms with Crippen LogP contribution in [0.5, 0.6) is 0 Å². The molecule has 2 atom stereocenters. The van der Waals surface area contributed by atoms with Crippen molar-refractivity contribution in [2.45, 2.75) is 181 Å². The Morgan fingerprint density at radius 1 is 0.516 bits per heavy atom. The highest BCUT2D eigenvalue weighted by Gasteiger charge is 2.27. The van der Waals surface area contributed by atoms with Gasteiger partial charge in [-0.3, -0.25) is 0 Å². The van der Waals surface area contributed by atoms with E-state index in [9.17, 15) is 0 Å². The summed E-state index contributed by atoms with van der Waals surface area (Å²) < 4.78 is 6.00. The maximum Gasteiger partial charge on any atom is 0.184 e. The van der Waals surface area contributed by atoms with Crippen molar-refractivity contribution >= 4 is 5.90 Å². The molecule has 0 radical (unpaired) electrons. The first-order chi connectivity index (χ1) is 15.3. The first-order valence-electron chi connectivity index (χ1n) is 14.5. The van der Waals surface area contributed by atoms with E-state index < -0.39 is 0 Å². The highest BCUT2D eigenvalue weighted by atomic mass is 16.5. The van der Waals surface area contributed by atoms with E-state index in [1.807, 2.05) is 0 Å². The third-order valence-electron chi connectivity index (χ3n) is 7.09. The fraction of sp³-hybridized carbons (Fsp3) is 0.966. The van der Waals surface area contributed by atoms with Gasteiger partial charge in [0.2, 0.25) is 0 Å². The molecule has 31 heavy (non-hydrogen) atoms. The van der Waals surface area contributed by atoms with Crippen LogP contribution in [-0.2, 0) is 4.74 Å². The lowest BCUT2D eigenvalue weighted by atomic mass is 10.0. The Labute approximate surface area is 196 Å². The molecule has 0 aromatic heterocycles. The van der Waals surface area contributed by atoms with Crippen molar-refractivity contribution in [1.82, 2.24) is 0 Å². The SMILES string of the molecule is CCCCCCCCCCCCCCCCCCCCCCC1=NC(CC)C(CC)O1. The summed E-state index contributed by atoms with van der Waals surface area (Å²) in [5, 5.41) is 0. The van der Waals surface area contributed by atoms with Crippen LogP contribution in [0.2, 0.25) is 0 Å². The Bertz CT molecular complexity index is 406. The summed E-state index contributed by atoms with van der Waals surface area (Å²) in [7, 11) is 0. The van der Waals surface area contributed by atoms with Gasteiger partial charge in [0.15, 0.2) is 5.90 Å². The summed E-state index contributed by atoms with van der Waals surface area (Å²) in [6.45, 7) is 6.74. The monoisotopic (exact) mass is 435 g/mol. The van der Waals surface area contributed by atoms with Crippen molar-refractivity contribution in [2.24, 2.45) is 4.99 Å². The van der Waals surface area contributed by atoms with Crippen LogP contribution >= 0.6 is 0 Å². The van der Waals surface area contributed by atoms with Gasteiger partial charge in [0.25, 0.3) is 0 Å². The van der Waals surface area contributed by atoms with Gasteiger partial charge < -0.3 is 4.74 Å². The molecule has 0 aromatic rings. The zero-order valence-electron chi connectivity index (χ0n) is 21.8. The zero-order chi connectivity index (χ0) is 22.4. The van der Waals surface area contributed by atoms with Crippen LogP contribution in [-0.4, -0.2) is 18.0 Å². The highest BCUT2D eigenvalue weighted by Crippen LogP contribution is 2.22. The lowest BCUT2D eigenvalue weighted by Crippen LogP contribution is -2.20. The Hall–Kier alpha value is -0.530. The molecule has 0 aromatic carbocycles. The molecule has 0 fully saturated rings. The lowest BCUT2D eigenvalue weighted by Gasteiger charge is -2.13. The Morgan fingerprint density at radius 2 is 0.903 bits per heavy atom. The topological polar surface area (TPSA) is 21.6 Å². The second kappa shape index (κ2) is 21.3. The van der Waals surface area contributed by atoms with Gasteiger partial charge in [0.05, 0.1) is 6.04 Å². The predicted octanol–water partition coefficient (Wildman–Crippen LogP) is 10.2. The number of aliphatic imine (C=N–C) groups is 1. The van der Waals surface area contributed by atoms with Crippen LogP contribution in [0, 0.1) is 0 Å². The van der Waals surface area contributed by atoms with Gasteiger partial charge in [-0.05, 0) is 19.3 Å². The standard InChI is InChI=1S/C29H57NO/c1-4-7-8-9-10-11-12-13-14-15-16-17-18-19-20-21-22-23-24-25-26-29-30-27(5-2)28(6-3)31-29/h27-28H,4-26H2,1-3H3. The fourth-order valence-electron chi connectivity index (χ4n) is 4.92. The molecule has 0 aliphatic carbocycles. The van der Waals surface area contributed by atoms with Crippen LogP contribution in [0.1, 0.15) is 168 Å². The molecule has 0 N–H and O–H groups in total. The lowest BCUT2D eigenvalue weighted by molar-refractivity contribution is 0.180. The molecule has 0 amide bonds. The number of rotatable bonds is 23. The van der Waals surface area contributed by atoms with Crippen molar-refractivity contribution in [3.05, 3.63) is 0 Å². The number of hydrogen-bond donors (Lipinski definition) is 0. The summed E-state index contributed by atoms with van der Waals surface area (Å²) in [5.41, 5.74) is 0. The minimum Gasteiger partial charge on any atom is -0.475 e. The van der Waals surface area contributed by atoms with Crippen LogP contribution in [0.25, 0.3) is 0 Å². The second-order valence-electron chi connectivity index (χ2n) is 10.0. The molecular weight excluding hydrogens is 378 g/mol. The van der Waals surface area contributed by atoms with E-state index in [2.05, 4.69) is 20.8 Å². The van der Waals surface area contributed by atoms with Crippen LogP contribution in [0.4, 0.5) is 0 Å². The molecule has 1 aliphatic rings. The average Bonchev–Trinajstić information content (AvgIpc) is 3.20. The molecule has 1 rings (SSSR count). The number of unbranched alkanes of at least 4 members (excludes halogenated alkanes) is 19. The summed E-state index contributed by atoms with van der Waals surface area (Å²) in [4.78, 5) is 4.77. The predicted molar refractivity (Wildman–Crippen MR) is 139 cm³/mol. The van der Waals surface area contributed by atoms with Crippen molar-refractivity contribution in [3.8, 4) is 0 Å². The van der Waals surface area contributed by atoms with Crippen molar-refractivity contribution in [3.63, 3.8) is 0 Å². The summed E-state index contributed by atoms with van der Waals surface area (Å²) in [6, 6.07) is 0.421. The molecule has 2 nitrogen and oxygen atoms in total. The molecule has 1 heterocycles. The summed E-state index contributed by atoms with van der Waals surface area (Å²) in [5.74, 6) is 1.04. The zero-order valence-corrected chi connectivity index (χ0v) is 21.8. The fourth-order valence-corrected chi connectivity index (χ4v) is 4.92. The van der Waals surface area contributed by atoms with E-state index >= 15 is 0 Å². The Kier molecular flexibility index (Phi) is 19.6. The van der Waals surface area contributed by atoms with Crippen molar-refractivity contribution < 1.29 is 4.74 Å². The van der Waals surface area contributed by atoms with E-state index in [4.69, 9.17) is 9.73 Å². The maximum absolute atomic E-state index is 6.00. The largest absolute Gasteiger partial charge is 0.475 e. The first-order valence-corrected chi connectivity index (χ1v) is 14.5. The molecule has 1 aliphatic heterocycles. The minimum atomic E-state index is 0.352. The second-order valence-corrected chi connectivity index (χ2v) is 10.0. The minimum absolute atomic E-state index is 0.352. The smallest absolute Gasteiger partial charge is 0.184 e. The first kappa shape index (κ1) is 28.5. The van der Waals surface area contributed by atoms with Gasteiger partial charge in [-0.15, -0.1) is 0 Å². The molecule has 2 heteroatoms. The van der Waals surface area contributed by atoms with Gasteiger partial charge in [-0.2, -0.15) is 0 Å². The maximum atomic E-state index is 6.00. The average molecular weight is 436 g/mol. The van der Waals surface area contributed by atoms with Gasteiger partial charge >= 0.3 is 0 Å². The molecule has 184 valence electrons. The van der Waals surface area contributed by atoms with E-state index in [0.29, 0.717) is 12.1 Å². The number of hydrogen-bond acceptors (Lipinski definition) is 2. The van der Waals surface area contributed by atoms with Gasteiger partial charge in [0, 0.05) is 6.42 Å². The molecular formula is C29H57NO. The van der Waals surface area contributed by atoms with Gasteiger partial charge in [0.1, 0.15) is 6.10 Å². The van der Waals surface area contributed by atoms with Crippen molar-refractivity contribution in [1.29, 1.82) is 0 Å². The van der Waals surface area contributed by atoms with Crippen molar-refractivity contribution in [2.75, 3.05) is 0 Å². The molecule has 0 spiro atoms. The normalized spacial score (nSPS) is 18.4. The molecule has 2 unspecified atom stereocenters.